The van der Waals surface area contributed by atoms with Crippen molar-refractivity contribution in [1.29, 1.82) is 0 Å². The summed E-state index contributed by atoms with van der Waals surface area (Å²) in [5.74, 6) is 0.177. The van der Waals surface area contributed by atoms with E-state index in [0.29, 0.717) is 12.3 Å². The molecular formula is C16H20N4O4. The summed E-state index contributed by atoms with van der Waals surface area (Å²) in [7, 11) is 4.68. The quantitative estimate of drug-likeness (QED) is 0.769. The van der Waals surface area contributed by atoms with Gasteiger partial charge < -0.3 is 20.1 Å². The number of ether oxygens (including phenoxy) is 2. The molecule has 8 nitrogen and oxygen atoms in total. The van der Waals surface area contributed by atoms with Gasteiger partial charge in [0.25, 0.3) is 5.91 Å². The van der Waals surface area contributed by atoms with Crippen LogP contribution in [0.2, 0.25) is 0 Å². The van der Waals surface area contributed by atoms with Crippen LogP contribution in [0, 0.1) is 0 Å². The summed E-state index contributed by atoms with van der Waals surface area (Å²) in [6.45, 7) is 0.168. The molecule has 0 unspecified atom stereocenters. The first-order valence-electron chi connectivity index (χ1n) is 7.29. The third kappa shape index (κ3) is 4.25. The summed E-state index contributed by atoms with van der Waals surface area (Å²) in [6.07, 6.45) is 1.53. The molecule has 2 rings (SSSR count). The van der Waals surface area contributed by atoms with Gasteiger partial charge in [0.2, 0.25) is 11.8 Å². The van der Waals surface area contributed by atoms with Gasteiger partial charge in [0, 0.05) is 25.4 Å². The second-order valence-corrected chi connectivity index (χ2v) is 5.00. The van der Waals surface area contributed by atoms with E-state index >= 15 is 0 Å². The maximum absolute atomic E-state index is 12.1. The second-order valence-electron chi connectivity index (χ2n) is 5.00. The standard InChI is InChI=1S/C16H20N4O4/c1-20-10-12(16(19-20)24-3)15(22)18-9-14(21)17-8-11-6-4-5-7-13(11)23-2/h4-7,10H,8-9H2,1-3H3,(H,17,21)(H,18,22). The molecule has 2 aromatic rings. The molecule has 0 saturated carbocycles. The van der Waals surface area contributed by atoms with Crippen LogP contribution < -0.4 is 20.1 Å². The number of methoxy groups -OCH3 is 2. The van der Waals surface area contributed by atoms with Crippen molar-refractivity contribution in [2.45, 2.75) is 6.54 Å². The first kappa shape index (κ1) is 17.3. The average molecular weight is 332 g/mol. The van der Waals surface area contributed by atoms with Crippen molar-refractivity contribution in [2.24, 2.45) is 7.05 Å². The molecule has 0 atom stereocenters. The van der Waals surface area contributed by atoms with Gasteiger partial charge in [-0.3, -0.25) is 14.3 Å². The largest absolute Gasteiger partial charge is 0.496 e. The number of nitrogens with one attached hydrogen (secondary N) is 2. The maximum atomic E-state index is 12.1. The Labute approximate surface area is 139 Å². The lowest BCUT2D eigenvalue weighted by Crippen LogP contribution is -2.36. The highest BCUT2D eigenvalue weighted by atomic mass is 16.5. The number of hydrogen-bond donors (Lipinski definition) is 2. The SMILES string of the molecule is COc1ccccc1CNC(=O)CNC(=O)c1cn(C)nc1OC. The van der Waals surface area contributed by atoms with E-state index in [9.17, 15) is 9.59 Å². The fourth-order valence-corrected chi connectivity index (χ4v) is 2.14. The Kier molecular flexibility index (Phi) is 5.78. The van der Waals surface area contributed by atoms with E-state index in [1.807, 2.05) is 24.3 Å². The number of benzene rings is 1. The summed E-state index contributed by atoms with van der Waals surface area (Å²) >= 11 is 0. The number of nitrogens with zero attached hydrogens (tertiary/aromatic N) is 2. The van der Waals surface area contributed by atoms with E-state index in [-0.39, 0.29) is 23.9 Å². The minimum absolute atomic E-state index is 0.147. The molecule has 1 aromatic heterocycles. The monoisotopic (exact) mass is 332 g/mol. The summed E-state index contributed by atoms with van der Waals surface area (Å²) < 4.78 is 11.7. The first-order valence-corrected chi connectivity index (χ1v) is 7.29. The molecule has 24 heavy (non-hydrogen) atoms. The Morgan fingerprint density at radius 2 is 1.92 bits per heavy atom. The number of carbonyl (C=O) groups is 2. The topological polar surface area (TPSA) is 94.5 Å². The lowest BCUT2D eigenvalue weighted by molar-refractivity contribution is -0.120. The van der Waals surface area contributed by atoms with Crippen molar-refractivity contribution in [3.63, 3.8) is 0 Å². The molecular weight excluding hydrogens is 312 g/mol. The molecule has 128 valence electrons. The highest BCUT2D eigenvalue weighted by Gasteiger charge is 2.17. The van der Waals surface area contributed by atoms with Gasteiger partial charge in [-0.15, -0.1) is 5.10 Å². The Bertz CT molecular complexity index is 727. The molecule has 2 N–H and O–H groups in total. The van der Waals surface area contributed by atoms with E-state index in [4.69, 9.17) is 9.47 Å². The zero-order chi connectivity index (χ0) is 17.5. The van der Waals surface area contributed by atoms with Crippen molar-refractivity contribution >= 4 is 11.8 Å². The number of aryl methyl sites for hydroxylation is 1. The van der Waals surface area contributed by atoms with Crippen LogP contribution in [0.3, 0.4) is 0 Å². The van der Waals surface area contributed by atoms with Crippen LogP contribution >= 0.6 is 0 Å². The van der Waals surface area contributed by atoms with Gasteiger partial charge in [-0.05, 0) is 6.07 Å². The molecule has 0 spiro atoms. The molecule has 0 aliphatic carbocycles. The summed E-state index contributed by atoms with van der Waals surface area (Å²) in [4.78, 5) is 24.0. The van der Waals surface area contributed by atoms with Crippen LogP contribution in [-0.4, -0.2) is 42.4 Å². The molecule has 8 heteroatoms. The molecule has 0 saturated heterocycles. The van der Waals surface area contributed by atoms with Crippen molar-refractivity contribution in [3.8, 4) is 11.6 Å². The lowest BCUT2D eigenvalue weighted by atomic mass is 10.2. The molecule has 0 radical (unpaired) electrons. The predicted octanol–water partition coefficient (Wildman–Crippen LogP) is 0.484. The van der Waals surface area contributed by atoms with Gasteiger partial charge in [-0.2, -0.15) is 0 Å². The van der Waals surface area contributed by atoms with Crippen molar-refractivity contribution in [2.75, 3.05) is 20.8 Å². The van der Waals surface area contributed by atoms with E-state index in [0.717, 1.165) is 5.56 Å². The van der Waals surface area contributed by atoms with Crippen LogP contribution in [0.1, 0.15) is 15.9 Å². The van der Waals surface area contributed by atoms with E-state index in [1.165, 1.54) is 18.0 Å². The van der Waals surface area contributed by atoms with Gasteiger partial charge in [-0.1, -0.05) is 18.2 Å². The summed E-state index contributed by atoms with van der Waals surface area (Å²) in [6, 6.07) is 7.39. The number of carbonyl (C=O) groups excluding carboxylic acids is 2. The molecule has 0 aliphatic rings. The number of para-hydroxylation sites is 1. The number of aromatic nitrogens is 2. The number of hydrogen-bond acceptors (Lipinski definition) is 5. The Morgan fingerprint density at radius 3 is 2.62 bits per heavy atom. The normalized spacial score (nSPS) is 10.1. The van der Waals surface area contributed by atoms with Crippen molar-refractivity contribution in [1.82, 2.24) is 20.4 Å². The fraction of sp³-hybridized carbons (Fsp3) is 0.312. The molecule has 2 amide bonds. The van der Waals surface area contributed by atoms with E-state index in [1.54, 1.807) is 14.2 Å². The highest BCUT2D eigenvalue weighted by molar-refractivity contribution is 5.98. The van der Waals surface area contributed by atoms with E-state index < -0.39 is 5.91 Å². The lowest BCUT2D eigenvalue weighted by Gasteiger charge is -2.10. The molecule has 1 aromatic carbocycles. The molecule has 0 fully saturated rings. The van der Waals surface area contributed by atoms with Crippen LogP contribution in [0.15, 0.2) is 30.5 Å². The predicted molar refractivity (Wildman–Crippen MR) is 86.9 cm³/mol. The van der Waals surface area contributed by atoms with Crippen LogP contribution in [0.5, 0.6) is 11.6 Å². The number of amides is 2. The first-order chi connectivity index (χ1) is 11.5. The van der Waals surface area contributed by atoms with Gasteiger partial charge in [0.05, 0.1) is 20.8 Å². The van der Waals surface area contributed by atoms with Crippen LogP contribution in [-0.2, 0) is 18.4 Å². The van der Waals surface area contributed by atoms with Gasteiger partial charge in [0.15, 0.2) is 0 Å². The van der Waals surface area contributed by atoms with Crippen LogP contribution in [0.25, 0.3) is 0 Å². The third-order valence-electron chi connectivity index (χ3n) is 3.31. The van der Waals surface area contributed by atoms with Crippen LogP contribution in [0.4, 0.5) is 0 Å². The van der Waals surface area contributed by atoms with E-state index in [2.05, 4.69) is 15.7 Å². The zero-order valence-electron chi connectivity index (χ0n) is 13.8. The van der Waals surface area contributed by atoms with Gasteiger partial charge >= 0.3 is 0 Å². The molecule has 0 aliphatic heterocycles. The van der Waals surface area contributed by atoms with Crippen molar-refractivity contribution < 1.29 is 19.1 Å². The minimum atomic E-state index is -0.424. The summed E-state index contributed by atoms with van der Waals surface area (Å²) in [5, 5.41) is 9.26. The average Bonchev–Trinajstić information content (AvgIpc) is 2.99. The zero-order valence-corrected chi connectivity index (χ0v) is 13.8. The minimum Gasteiger partial charge on any atom is -0.496 e. The third-order valence-corrected chi connectivity index (χ3v) is 3.31. The smallest absolute Gasteiger partial charge is 0.258 e. The van der Waals surface area contributed by atoms with Gasteiger partial charge in [-0.25, -0.2) is 0 Å². The Balaban J connectivity index is 1.85. The van der Waals surface area contributed by atoms with Gasteiger partial charge in [0.1, 0.15) is 11.3 Å². The Hall–Kier alpha value is -3.03. The fourth-order valence-electron chi connectivity index (χ4n) is 2.14. The number of rotatable bonds is 7. The highest BCUT2D eigenvalue weighted by Crippen LogP contribution is 2.16. The molecule has 0 bridgehead atoms. The maximum Gasteiger partial charge on any atom is 0.258 e. The van der Waals surface area contributed by atoms with Crippen molar-refractivity contribution in [3.05, 3.63) is 41.6 Å². The summed E-state index contributed by atoms with van der Waals surface area (Å²) in [5.41, 5.74) is 1.13. The Morgan fingerprint density at radius 1 is 1.17 bits per heavy atom. The second kappa shape index (κ2) is 8.00. The molecule has 1 heterocycles.